The van der Waals surface area contributed by atoms with Crippen LogP contribution in [0.3, 0.4) is 0 Å². The Morgan fingerprint density at radius 3 is 2.34 bits per heavy atom. The highest BCUT2D eigenvalue weighted by molar-refractivity contribution is 5.73. The van der Waals surface area contributed by atoms with Crippen molar-refractivity contribution in [3.63, 3.8) is 0 Å². The van der Waals surface area contributed by atoms with Gasteiger partial charge in [-0.15, -0.1) is 0 Å². The van der Waals surface area contributed by atoms with Gasteiger partial charge in [0.2, 0.25) is 0 Å². The molecule has 4 heterocycles. The number of rotatable bonds is 11. The van der Waals surface area contributed by atoms with Gasteiger partial charge < -0.3 is 74.0 Å². The fraction of sp³-hybridized carbons (Fsp3) is 0.911. The van der Waals surface area contributed by atoms with E-state index in [0.717, 1.165) is 38.5 Å². The zero-order chi connectivity index (χ0) is 44.7. The number of carbonyl (C=O) groups excluding carboxylic acids is 1. The van der Waals surface area contributed by atoms with E-state index in [0.29, 0.717) is 49.5 Å². The number of carboxylic acid groups (broad SMARTS) is 1. The van der Waals surface area contributed by atoms with Crippen LogP contribution >= 0.6 is 0 Å². The van der Waals surface area contributed by atoms with Crippen LogP contribution in [0.5, 0.6) is 0 Å². The first-order valence-corrected chi connectivity index (χ1v) is 22.9. The number of aliphatic carboxylic acids is 1. The van der Waals surface area contributed by atoms with Crippen molar-refractivity contribution in [1.82, 2.24) is 0 Å². The SMILES string of the molecule is C[C@@H]1O[C@@H](O[C@H]2[C@H](O[C@H]3CC[C@@]4(C)C(=CC[C@H]5[C@@H]6C[C@@H]7O[C@]8(CC[C@@H](COC(=O)CC(C)(O)CC(=O)O)CO8)[C@@H](C)[C@@H]7[C@@]6(C)CC[C@@H]54)C3)O[C@H](CO)[C@@H](O)[C@@H]2O)[C@H](O)[C@H](O)[C@H]1O. The van der Waals surface area contributed by atoms with Crippen molar-refractivity contribution in [2.75, 3.05) is 19.8 Å². The van der Waals surface area contributed by atoms with Crippen LogP contribution in [0, 0.1) is 46.3 Å². The predicted octanol–water partition coefficient (Wildman–Crippen LogP) is 1.53. The first kappa shape index (κ1) is 46.7. The van der Waals surface area contributed by atoms with Gasteiger partial charge in [-0.3, -0.25) is 9.59 Å². The molecule has 4 aliphatic heterocycles. The monoisotopic (exact) mass is 882 g/mol. The summed E-state index contributed by atoms with van der Waals surface area (Å²) in [5.74, 6) is -0.514. The van der Waals surface area contributed by atoms with Gasteiger partial charge in [-0.1, -0.05) is 32.4 Å². The third-order valence-corrected chi connectivity index (χ3v) is 17.0. The van der Waals surface area contributed by atoms with Crippen molar-refractivity contribution in [3.8, 4) is 0 Å². The summed E-state index contributed by atoms with van der Waals surface area (Å²) >= 11 is 0. The maximum atomic E-state index is 12.4. The lowest BCUT2D eigenvalue weighted by Gasteiger charge is -2.58. The number of fused-ring (bicyclic) bond motifs is 7. The minimum atomic E-state index is -1.68. The van der Waals surface area contributed by atoms with Crippen LogP contribution in [-0.2, 0) is 42.7 Å². The van der Waals surface area contributed by atoms with Crippen LogP contribution in [0.15, 0.2) is 11.6 Å². The highest BCUT2D eigenvalue weighted by Crippen LogP contribution is 2.70. The standard InChI is InChI=1S/C45H70O17/c1-21-33-29(62-45(21)13-8-23(20-57-45)19-56-32(49)17-42(3,55)16-31(47)48)15-28-26-7-6-24-14-25(9-11-43(24,4)27(26)10-12-44(28,33)5)59-41-39(37(53)35(51)30(18-46)60-41)61-40-38(54)36(52)34(50)22(2)58-40/h6,21-23,25-30,33-41,46,50-55H,7-20H2,1-5H3,(H,47,48)/t21-,22-,23-,25-,26+,27-,28-,29-,30+,33-,34-,35+,36+,37-,38+,39+,40-,41+,42?,43-,44-,45+/m0/s1. The highest BCUT2D eigenvalue weighted by atomic mass is 16.8. The van der Waals surface area contributed by atoms with Crippen molar-refractivity contribution in [3.05, 3.63) is 11.6 Å². The van der Waals surface area contributed by atoms with E-state index in [4.69, 9.17) is 38.3 Å². The Morgan fingerprint density at radius 2 is 1.65 bits per heavy atom. The number of aliphatic hydroxyl groups is 7. The molecule has 0 aromatic rings. The molecule has 0 aromatic heterocycles. The van der Waals surface area contributed by atoms with Crippen LogP contribution in [0.1, 0.15) is 105 Å². The molecule has 3 saturated carbocycles. The molecule has 4 saturated heterocycles. The number of hydrogen-bond acceptors (Lipinski definition) is 16. The Labute approximate surface area is 363 Å². The Morgan fingerprint density at radius 1 is 0.887 bits per heavy atom. The van der Waals surface area contributed by atoms with Crippen LogP contribution in [0.2, 0.25) is 0 Å². The Bertz CT molecular complexity index is 1670. The average Bonchev–Trinajstić information content (AvgIpc) is 3.66. The van der Waals surface area contributed by atoms with Gasteiger partial charge in [0.15, 0.2) is 18.4 Å². The summed E-state index contributed by atoms with van der Waals surface area (Å²) in [5, 5.41) is 82.4. The lowest BCUT2D eigenvalue weighted by molar-refractivity contribution is -0.369. The first-order chi connectivity index (χ1) is 29.2. The molecule has 8 N–H and O–H groups in total. The molecule has 17 nitrogen and oxygen atoms in total. The maximum Gasteiger partial charge on any atom is 0.308 e. The van der Waals surface area contributed by atoms with E-state index in [-0.39, 0.29) is 41.5 Å². The van der Waals surface area contributed by atoms with E-state index in [1.54, 1.807) is 0 Å². The first-order valence-electron chi connectivity index (χ1n) is 22.9. The van der Waals surface area contributed by atoms with Gasteiger partial charge in [0.25, 0.3) is 0 Å². The molecule has 17 heteroatoms. The minimum Gasteiger partial charge on any atom is -0.481 e. The predicted molar refractivity (Wildman–Crippen MR) is 214 cm³/mol. The van der Waals surface area contributed by atoms with Crippen molar-refractivity contribution < 1.29 is 83.6 Å². The second-order valence-electron chi connectivity index (χ2n) is 21.0. The van der Waals surface area contributed by atoms with Crippen molar-refractivity contribution in [1.29, 1.82) is 0 Å². The molecular formula is C45H70O17. The number of ether oxygens (including phenoxy) is 7. The van der Waals surface area contributed by atoms with Gasteiger partial charge in [0.05, 0.1) is 56.6 Å². The van der Waals surface area contributed by atoms with Gasteiger partial charge in [0.1, 0.15) is 42.7 Å². The Balaban J connectivity index is 0.886. The second kappa shape index (κ2) is 17.4. The molecule has 0 bridgehead atoms. The summed E-state index contributed by atoms with van der Waals surface area (Å²) in [5.41, 5.74) is -0.286. The second-order valence-corrected chi connectivity index (χ2v) is 21.0. The molecule has 352 valence electrons. The number of carboxylic acids is 1. The number of esters is 1. The van der Waals surface area contributed by atoms with E-state index in [2.05, 4.69) is 26.8 Å². The van der Waals surface area contributed by atoms with Crippen LogP contribution in [-0.4, -0.2) is 158 Å². The summed E-state index contributed by atoms with van der Waals surface area (Å²) in [6.45, 7) is 9.95. The number of allylic oxidation sites excluding steroid dienone is 1. The van der Waals surface area contributed by atoms with Crippen molar-refractivity contribution >= 4 is 11.9 Å². The van der Waals surface area contributed by atoms with E-state index in [1.807, 2.05) is 0 Å². The molecule has 0 aromatic carbocycles. The zero-order valence-corrected chi connectivity index (χ0v) is 36.6. The van der Waals surface area contributed by atoms with Crippen molar-refractivity contribution in [2.24, 2.45) is 46.3 Å². The van der Waals surface area contributed by atoms with Crippen LogP contribution in [0.4, 0.5) is 0 Å². The normalized spacial score (nSPS) is 51.0. The van der Waals surface area contributed by atoms with Crippen molar-refractivity contribution in [2.45, 2.75) is 190 Å². The lowest BCUT2D eigenvalue weighted by atomic mass is 9.47. The minimum absolute atomic E-state index is 0.0182. The van der Waals surface area contributed by atoms with Gasteiger partial charge in [0, 0.05) is 18.3 Å². The van der Waals surface area contributed by atoms with Gasteiger partial charge >= 0.3 is 11.9 Å². The third kappa shape index (κ3) is 8.32. The molecule has 0 radical (unpaired) electrons. The molecular weight excluding hydrogens is 812 g/mol. The van der Waals surface area contributed by atoms with Crippen LogP contribution in [0.25, 0.3) is 0 Å². The molecule has 62 heavy (non-hydrogen) atoms. The lowest BCUT2D eigenvalue weighted by Crippen LogP contribution is -2.64. The summed E-state index contributed by atoms with van der Waals surface area (Å²) in [7, 11) is 0. The molecule has 1 spiro atoms. The largest absolute Gasteiger partial charge is 0.481 e. The maximum absolute atomic E-state index is 12.4. The topological polar surface area (TPSA) is 261 Å². The van der Waals surface area contributed by atoms with E-state index < -0.39 is 104 Å². The summed E-state index contributed by atoms with van der Waals surface area (Å²) < 4.78 is 43.2. The highest BCUT2D eigenvalue weighted by Gasteiger charge is 2.69. The Hall–Kier alpha value is -1.84. The molecule has 4 aliphatic carbocycles. The quantitative estimate of drug-likeness (QED) is 0.108. The molecule has 1 unspecified atom stereocenters. The number of hydrogen-bond donors (Lipinski definition) is 8. The molecule has 8 rings (SSSR count). The Kier molecular flexibility index (Phi) is 13.1. The zero-order valence-electron chi connectivity index (χ0n) is 36.6. The average molecular weight is 883 g/mol. The molecule has 8 aliphatic rings. The molecule has 0 amide bonds. The number of carbonyl (C=O) groups is 2. The number of aliphatic hydroxyl groups excluding tert-OH is 6. The van der Waals surface area contributed by atoms with Gasteiger partial charge in [-0.25, -0.2) is 0 Å². The van der Waals surface area contributed by atoms with E-state index in [9.17, 15) is 45.3 Å². The van der Waals surface area contributed by atoms with Gasteiger partial charge in [-0.2, -0.15) is 0 Å². The summed E-state index contributed by atoms with van der Waals surface area (Å²) in [4.78, 5) is 23.4. The van der Waals surface area contributed by atoms with Gasteiger partial charge in [-0.05, 0) is 99.7 Å². The fourth-order valence-electron chi connectivity index (χ4n) is 13.6. The summed E-state index contributed by atoms with van der Waals surface area (Å²) in [6.07, 6.45) is -4.66. The molecule has 22 atom stereocenters. The van der Waals surface area contributed by atoms with Crippen LogP contribution < -0.4 is 0 Å². The van der Waals surface area contributed by atoms with E-state index in [1.165, 1.54) is 19.4 Å². The fourth-order valence-corrected chi connectivity index (χ4v) is 13.6. The summed E-state index contributed by atoms with van der Waals surface area (Å²) in [6, 6.07) is 0. The third-order valence-electron chi connectivity index (χ3n) is 17.0. The molecule has 7 fully saturated rings. The smallest absolute Gasteiger partial charge is 0.308 e. The van der Waals surface area contributed by atoms with E-state index >= 15 is 0 Å².